The van der Waals surface area contributed by atoms with E-state index in [9.17, 15) is 9.36 Å². The third kappa shape index (κ3) is 3.33. The summed E-state index contributed by atoms with van der Waals surface area (Å²) >= 11 is 0. The van der Waals surface area contributed by atoms with Crippen LogP contribution >= 0.6 is 7.60 Å². The van der Waals surface area contributed by atoms with Crippen molar-refractivity contribution in [1.29, 1.82) is 0 Å². The minimum Gasteiger partial charge on any atom is -0.303 e. The largest absolute Gasteiger partial charge is 0.401 e. The molecule has 0 aliphatic carbocycles. The van der Waals surface area contributed by atoms with Crippen LogP contribution in [0.2, 0.25) is 0 Å². The Morgan fingerprint density at radius 3 is 2.05 bits per heavy atom. The van der Waals surface area contributed by atoms with Crippen LogP contribution in [0, 0.1) is 20.8 Å². The van der Waals surface area contributed by atoms with Crippen LogP contribution in [0.1, 0.15) is 40.9 Å². The fourth-order valence-electron chi connectivity index (χ4n) is 1.83. The molecular formula is C14H21O4P. The average Bonchev–Trinajstić information content (AvgIpc) is 2.36. The van der Waals surface area contributed by atoms with Gasteiger partial charge in [0.05, 0.1) is 13.2 Å². The van der Waals surface area contributed by atoms with Crippen molar-refractivity contribution in [3.8, 4) is 0 Å². The van der Waals surface area contributed by atoms with Gasteiger partial charge >= 0.3 is 7.60 Å². The Morgan fingerprint density at radius 1 is 1.05 bits per heavy atom. The average molecular weight is 284 g/mol. The molecule has 0 aliphatic heterocycles. The summed E-state index contributed by atoms with van der Waals surface area (Å²) in [5.41, 5.74) is 2.79. The molecule has 0 aliphatic rings. The van der Waals surface area contributed by atoms with Crippen LogP contribution in [0.3, 0.4) is 0 Å². The molecule has 0 amide bonds. The predicted octanol–water partition coefficient (Wildman–Crippen LogP) is 4.02. The zero-order valence-electron chi connectivity index (χ0n) is 12.1. The van der Waals surface area contributed by atoms with E-state index in [1.165, 1.54) is 0 Å². The van der Waals surface area contributed by atoms with E-state index in [4.69, 9.17) is 9.05 Å². The van der Waals surface area contributed by atoms with Gasteiger partial charge in [-0.1, -0.05) is 12.1 Å². The first-order chi connectivity index (χ1) is 8.87. The van der Waals surface area contributed by atoms with E-state index >= 15 is 0 Å². The van der Waals surface area contributed by atoms with Crippen LogP contribution in [0.4, 0.5) is 0 Å². The quantitative estimate of drug-likeness (QED) is 0.740. The molecule has 4 nitrogen and oxygen atoms in total. The zero-order chi connectivity index (χ0) is 14.6. The molecule has 1 aromatic carbocycles. The van der Waals surface area contributed by atoms with E-state index in [1.807, 2.05) is 26.8 Å². The van der Waals surface area contributed by atoms with E-state index in [0.29, 0.717) is 5.56 Å². The van der Waals surface area contributed by atoms with E-state index in [1.54, 1.807) is 19.9 Å². The zero-order valence-corrected chi connectivity index (χ0v) is 13.0. The van der Waals surface area contributed by atoms with Crippen molar-refractivity contribution in [3.63, 3.8) is 0 Å². The monoisotopic (exact) mass is 284 g/mol. The molecule has 0 atom stereocenters. The van der Waals surface area contributed by atoms with Crippen molar-refractivity contribution in [3.05, 3.63) is 34.4 Å². The molecule has 0 saturated carbocycles. The Kier molecular flexibility index (Phi) is 5.48. The van der Waals surface area contributed by atoms with Gasteiger partial charge in [0.2, 0.25) is 0 Å². The first-order valence-corrected chi connectivity index (χ1v) is 7.92. The molecule has 19 heavy (non-hydrogen) atoms. The van der Waals surface area contributed by atoms with Gasteiger partial charge in [0.25, 0.3) is 5.52 Å². The van der Waals surface area contributed by atoms with Gasteiger partial charge in [-0.05, 0) is 51.3 Å². The second-order valence-electron chi connectivity index (χ2n) is 4.32. The Balaban J connectivity index is 3.25. The first-order valence-electron chi connectivity index (χ1n) is 6.38. The van der Waals surface area contributed by atoms with Crippen molar-refractivity contribution in [1.82, 2.24) is 0 Å². The van der Waals surface area contributed by atoms with E-state index < -0.39 is 13.1 Å². The third-order valence-electron chi connectivity index (χ3n) is 3.14. The highest BCUT2D eigenvalue weighted by atomic mass is 31.2. The summed E-state index contributed by atoms with van der Waals surface area (Å²) in [5.74, 6) is 0. The van der Waals surface area contributed by atoms with Crippen LogP contribution in [0.5, 0.6) is 0 Å². The predicted molar refractivity (Wildman–Crippen MR) is 75.8 cm³/mol. The fraction of sp³-hybridized carbons (Fsp3) is 0.500. The number of carbonyl (C=O) groups excluding carboxylic acids is 1. The highest BCUT2D eigenvalue weighted by Gasteiger charge is 2.36. The topological polar surface area (TPSA) is 52.6 Å². The van der Waals surface area contributed by atoms with Gasteiger partial charge in [0, 0.05) is 5.56 Å². The minimum absolute atomic E-state index is 0.174. The normalized spacial score (nSPS) is 11.6. The number of carbonyl (C=O) groups is 1. The maximum absolute atomic E-state index is 12.5. The molecule has 0 N–H and O–H groups in total. The molecule has 0 bridgehead atoms. The van der Waals surface area contributed by atoms with Crippen LogP contribution in [0.15, 0.2) is 12.1 Å². The Hall–Kier alpha value is -0.960. The van der Waals surface area contributed by atoms with Gasteiger partial charge < -0.3 is 9.05 Å². The molecule has 0 saturated heterocycles. The third-order valence-corrected chi connectivity index (χ3v) is 5.07. The highest BCUT2D eigenvalue weighted by Crippen LogP contribution is 2.51. The van der Waals surface area contributed by atoms with Crippen molar-refractivity contribution < 1.29 is 18.4 Å². The van der Waals surface area contributed by atoms with E-state index in [2.05, 4.69) is 0 Å². The molecule has 5 heteroatoms. The van der Waals surface area contributed by atoms with E-state index in [-0.39, 0.29) is 13.2 Å². The number of rotatable bonds is 6. The number of aryl methyl sites for hydroxylation is 1. The second-order valence-corrected chi connectivity index (χ2v) is 6.24. The van der Waals surface area contributed by atoms with Gasteiger partial charge in [-0.3, -0.25) is 9.36 Å². The molecule has 0 heterocycles. The van der Waals surface area contributed by atoms with Crippen molar-refractivity contribution >= 4 is 13.1 Å². The van der Waals surface area contributed by atoms with Crippen molar-refractivity contribution in [2.45, 2.75) is 34.6 Å². The SMILES string of the molecule is CCOP(=O)(OCC)C(=O)c1ccc(C)c(C)c1C. The first kappa shape index (κ1) is 16.1. The lowest BCUT2D eigenvalue weighted by Crippen LogP contribution is -2.10. The summed E-state index contributed by atoms with van der Waals surface area (Å²) < 4.78 is 22.7. The molecule has 0 radical (unpaired) electrons. The molecule has 1 rings (SSSR count). The molecule has 1 aromatic rings. The van der Waals surface area contributed by atoms with Crippen LogP contribution in [0.25, 0.3) is 0 Å². The Bertz CT molecular complexity index is 512. The minimum atomic E-state index is -3.73. The second kappa shape index (κ2) is 6.47. The summed E-state index contributed by atoms with van der Waals surface area (Å²) in [4.78, 5) is 12.4. The van der Waals surface area contributed by atoms with Crippen LogP contribution < -0.4 is 0 Å². The summed E-state index contributed by atoms with van der Waals surface area (Å²) in [6, 6.07) is 3.53. The lowest BCUT2D eigenvalue weighted by Gasteiger charge is -2.17. The summed E-state index contributed by atoms with van der Waals surface area (Å²) in [6.07, 6.45) is 0. The fourth-order valence-corrected chi connectivity index (χ4v) is 3.36. The van der Waals surface area contributed by atoms with Gasteiger partial charge in [-0.15, -0.1) is 0 Å². The standard InChI is InChI=1S/C14H21O4P/c1-6-17-19(16,18-7-2)14(15)13-9-8-10(3)11(4)12(13)5/h8-9H,6-7H2,1-5H3. The molecule has 0 spiro atoms. The summed E-state index contributed by atoms with van der Waals surface area (Å²) in [6.45, 7) is 9.48. The number of hydrogen-bond donors (Lipinski definition) is 0. The van der Waals surface area contributed by atoms with E-state index in [0.717, 1.165) is 16.7 Å². The van der Waals surface area contributed by atoms with Gasteiger partial charge in [0.15, 0.2) is 0 Å². The molecule has 0 unspecified atom stereocenters. The Morgan fingerprint density at radius 2 is 1.58 bits per heavy atom. The lowest BCUT2D eigenvalue weighted by molar-refractivity contribution is 0.100. The molecule has 0 fully saturated rings. The lowest BCUT2D eigenvalue weighted by atomic mass is 10.00. The summed E-state index contributed by atoms with van der Waals surface area (Å²) in [7, 11) is -3.73. The van der Waals surface area contributed by atoms with Crippen molar-refractivity contribution in [2.24, 2.45) is 0 Å². The maximum atomic E-state index is 12.5. The number of benzene rings is 1. The van der Waals surface area contributed by atoms with Crippen molar-refractivity contribution in [2.75, 3.05) is 13.2 Å². The molecule has 0 aromatic heterocycles. The summed E-state index contributed by atoms with van der Waals surface area (Å²) in [5, 5.41) is 0. The van der Waals surface area contributed by atoms with Crippen LogP contribution in [-0.4, -0.2) is 18.7 Å². The molecule has 106 valence electrons. The van der Waals surface area contributed by atoms with Gasteiger partial charge in [-0.2, -0.15) is 0 Å². The Labute approximate surface area is 114 Å². The van der Waals surface area contributed by atoms with Gasteiger partial charge in [-0.25, -0.2) is 0 Å². The smallest absolute Gasteiger partial charge is 0.303 e. The highest BCUT2D eigenvalue weighted by molar-refractivity contribution is 7.72. The van der Waals surface area contributed by atoms with Gasteiger partial charge in [0.1, 0.15) is 0 Å². The maximum Gasteiger partial charge on any atom is 0.401 e. The molecular weight excluding hydrogens is 263 g/mol. The number of hydrogen-bond acceptors (Lipinski definition) is 4. The van der Waals surface area contributed by atoms with Crippen LogP contribution in [-0.2, 0) is 13.6 Å².